The molecule has 0 heterocycles. The minimum absolute atomic E-state index is 0.530. The summed E-state index contributed by atoms with van der Waals surface area (Å²) in [4.78, 5) is 0. The van der Waals surface area contributed by atoms with Gasteiger partial charge in [0.2, 0.25) is 0 Å². The fourth-order valence-electron chi connectivity index (χ4n) is 2.59. The van der Waals surface area contributed by atoms with Gasteiger partial charge in [-0.15, -0.1) is 0 Å². The first-order valence-corrected chi connectivity index (χ1v) is 7.05. The molecule has 0 aromatic rings. The maximum absolute atomic E-state index is 9.98. The zero-order valence-electron chi connectivity index (χ0n) is 11.3. The first kappa shape index (κ1) is 14.0. The molecule has 1 aliphatic rings. The predicted octanol–water partition coefficient (Wildman–Crippen LogP) is 3.10. The van der Waals surface area contributed by atoms with E-state index in [9.17, 15) is 5.11 Å². The highest BCUT2D eigenvalue weighted by molar-refractivity contribution is 4.85. The molecule has 0 aromatic heterocycles. The molecule has 0 aromatic carbocycles. The molecule has 96 valence electrons. The average molecular weight is 227 g/mol. The van der Waals surface area contributed by atoms with Crippen LogP contribution in [0, 0.1) is 5.92 Å². The second-order valence-electron chi connectivity index (χ2n) is 5.67. The highest BCUT2D eigenvalue weighted by Gasteiger charge is 2.28. The largest absolute Gasteiger partial charge is 0.389 e. The number of nitrogens with one attached hydrogen (secondary N) is 1. The lowest BCUT2D eigenvalue weighted by Gasteiger charge is -2.27. The van der Waals surface area contributed by atoms with Gasteiger partial charge in [0, 0.05) is 12.6 Å². The van der Waals surface area contributed by atoms with Crippen molar-refractivity contribution < 1.29 is 5.11 Å². The van der Waals surface area contributed by atoms with Gasteiger partial charge in [-0.05, 0) is 38.5 Å². The third-order valence-electron chi connectivity index (χ3n) is 4.09. The summed E-state index contributed by atoms with van der Waals surface area (Å²) in [5, 5.41) is 13.6. The maximum Gasteiger partial charge on any atom is 0.0741 e. The minimum atomic E-state index is -0.530. The lowest BCUT2D eigenvalue weighted by molar-refractivity contribution is 0.0511. The number of hydrogen-bond acceptors (Lipinski definition) is 2. The van der Waals surface area contributed by atoms with Crippen LogP contribution in [0.15, 0.2) is 0 Å². The summed E-state index contributed by atoms with van der Waals surface area (Å²) < 4.78 is 0. The van der Waals surface area contributed by atoms with Gasteiger partial charge in [-0.25, -0.2) is 0 Å². The van der Waals surface area contributed by atoms with Gasteiger partial charge in [0.15, 0.2) is 0 Å². The second kappa shape index (κ2) is 6.61. The summed E-state index contributed by atoms with van der Waals surface area (Å²) in [6.07, 6.45) is 8.89. The van der Waals surface area contributed by atoms with E-state index < -0.39 is 5.60 Å². The van der Waals surface area contributed by atoms with Crippen molar-refractivity contribution in [3.63, 3.8) is 0 Å². The van der Waals surface area contributed by atoms with Crippen LogP contribution < -0.4 is 5.32 Å². The Morgan fingerprint density at radius 3 is 2.69 bits per heavy atom. The van der Waals surface area contributed by atoms with E-state index in [1.54, 1.807) is 0 Å². The Kier molecular flexibility index (Phi) is 5.77. The van der Waals surface area contributed by atoms with Crippen LogP contribution in [0.25, 0.3) is 0 Å². The number of unbranched alkanes of at least 4 members (excludes halogenated alkanes) is 1. The van der Waals surface area contributed by atoms with Crippen molar-refractivity contribution in [1.82, 2.24) is 5.32 Å². The van der Waals surface area contributed by atoms with Crippen LogP contribution in [-0.2, 0) is 0 Å². The Labute approximate surface area is 101 Å². The Morgan fingerprint density at radius 1 is 1.31 bits per heavy atom. The lowest BCUT2D eigenvalue weighted by Crippen LogP contribution is -2.43. The topological polar surface area (TPSA) is 32.3 Å². The van der Waals surface area contributed by atoms with Crippen molar-refractivity contribution in [1.29, 1.82) is 0 Å². The summed E-state index contributed by atoms with van der Waals surface area (Å²) in [6, 6.07) is 0.657. The third kappa shape index (κ3) is 4.42. The third-order valence-corrected chi connectivity index (χ3v) is 4.09. The highest BCUT2D eigenvalue weighted by atomic mass is 16.3. The van der Waals surface area contributed by atoms with E-state index in [-0.39, 0.29) is 0 Å². The Hall–Kier alpha value is -0.0800. The second-order valence-corrected chi connectivity index (χ2v) is 5.67. The fraction of sp³-hybridized carbons (Fsp3) is 1.00. The zero-order valence-corrected chi connectivity index (χ0v) is 11.3. The molecule has 0 spiro atoms. The Bertz CT molecular complexity index is 191. The van der Waals surface area contributed by atoms with Crippen LogP contribution in [0.4, 0.5) is 0 Å². The van der Waals surface area contributed by atoms with Crippen molar-refractivity contribution in [2.75, 3.05) is 6.54 Å². The number of hydrogen-bond donors (Lipinski definition) is 2. The van der Waals surface area contributed by atoms with Crippen molar-refractivity contribution in [2.24, 2.45) is 5.92 Å². The van der Waals surface area contributed by atoms with Gasteiger partial charge in [0.25, 0.3) is 0 Å². The fourth-order valence-corrected chi connectivity index (χ4v) is 2.59. The van der Waals surface area contributed by atoms with Crippen LogP contribution in [0.1, 0.15) is 65.7 Å². The number of rotatable bonds is 7. The van der Waals surface area contributed by atoms with E-state index in [0.717, 1.165) is 18.9 Å². The van der Waals surface area contributed by atoms with Crippen LogP contribution >= 0.6 is 0 Å². The molecule has 3 atom stereocenters. The summed E-state index contributed by atoms with van der Waals surface area (Å²) in [7, 11) is 0. The molecule has 1 rings (SSSR count). The first-order chi connectivity index (χ1) is 7.59. The lowest BCUT2D eigenvalue weighted by atomic mass is 9.95. The van der Waals surface area contributed by atoms with E-state index in [0.29, 0.717) is 6.04 Å². The normalized spacial score (nSPS) is 29.2. The van der Waals surface area contributed by atoms with E-state index in [1.165, 1.54) is 38.5 Å². The van der Waals surface area contributed by atoms with Gasteiger partial charge in [0.1, 0.15) is 0 Å². The molecule has 0 bridgehead atoms. The SMILES string of the molecule is CCCCC1CCCC1NCC(C)(O)CC. The molecule has 2 nitrogen and oxygen atoms in total. The molecule has 2 heteroatoms. The van der Waals surface area contributed by atoms with Gasteiger partial charge in [0.05, 0.1) is 5.60 Å². The maximum atomic E-state index is 9.98. The smallest absolute Gasteiger partial charge is 0.0741 e. The Morgan fingerprint density at radius 2 is 2.06 bits per heavy atom. The minimum Gasteiger partial charge on any atom is -0.389 e. The molecule has 0 saturated heterocycles. The Balaban J connectivity index is 2.29. The quantitative estimate of drug-likeness (QED) is 0.700. The molecule has 0 radical (unpaired) electrons. The summed E-state index contributed by atoms with van der Waals surface area (Å²) in [5.74, 6) is 0.854. The molecule has 2 N–H and O–H groups in total. The molecule has 0 amide bonds. The van der Waals surface area contributed by atoms with Crippen molar-refractivity contribution in [3.05, 3.63) is 0 Å². The van der Waals surface area contributed by atoms with Crippen LogP contribution in [-0.4, -0.2) is 23.3 Å². The van der Waals surface area contributed by atoms with E-state index >= 15 is 0 Å². The zero-order chi connectivity index (χ0) is 12.0. The average Bonchev–Trinajstić information content (AvgIpc) is 2.71. The van der Waals surface area contributed by atoms with E-state index in [1.807, 2.05) is 13.8 Å². The van der Waals surface area contributed by atoms with Crippen LogP contribution in [0.5, 0.6) is 0 Å². The predicted molar refractivity (Wildman–Crippen MR) is 69.6 cm³/mol. The highest BCUT2D eigenvalue weighted by Crippen LogP contribution is 2.30. The molecule has 1 aliphatic carbocycles. The van der Waals surface area contributed by atoms with Crippen molar-refractivity contribution in [2.45, 2.75) is 77.4 Å². The van der Waals surface area contributed by atoms with E-state index in [2.05, 4.69) is 12.2 Å². The summed E-state index contributed by atoms with van der Waals surface area (Å²) in [6.45, 7) is 6.98. The molecule has 3 unspecified atom stereocenters. The molecular weight excluding hydrogens is 198 g/mol. The van der Waals surface area contributed by atoms with Gasteiger partial charge < -0.3 is 10.4 Å². The summed E-state index contributed by atoms with van der Waals surface area (Å²) in [5.41, 5.74) is -0.530. The van der Waals surface area contributed by atoms with Crippen molar-refractivity contribution in [3.8, 4) is 0 Å². The van der Waals surface area contributed by atoms with Gasteiger partial charge in [-0.3, -0.25) is 0 Å². The molecule has 16 heavy (non-hydrogen) atoms. The molecular formula is C14H29NO. The molecule has 0 aliphatic heterocycles. The standard InChI is InChI=1S/C14H29NO/c1-4-6-8-12-9-7-10-13(12)15-11-14(3,16)5-2/h12-13,15-16H,4-11H2,1-3H3. The van der Waals surface area contributed by atoms with Crippen molar-refractivity contribution >= 4 is 0 Å². The van der Waals surface area contributed by atoms with Gasteiger partial charge in [-0.1, -0.05) is 33.1 Å². The van der Waals surface area contributed by atoms with Crippen LogP contribution in [0.3, 0.4) is 0 Å². The number of aliphatic hydroxyl groups is 1. The van der Waals surface area contributed by atoms with E-state index in [4.69, 9.17) is 0 Å². The summed E-state index contributed by atoms with van der Waals surface area (Å²) >= 11 is 0. The molecule has 1 fully saturated rings. The van der Waals surface area contributed by atoms with Gasteiger partial charge >= 0.3 is 0 Å². The van der Waals surface area contributed by atoms with Crippen LogP contribution in [0.2, 0.25) is 0 Å². The monoisotopic (exact) mass is 227 g/mol. The van der Waals surface area contributed by atoms with Gasteiger partial charge in [-0.2, -0.15) is 0 Å². The molecule has 1 saturated carbocycles. The first-order valence-electron chi connectivity index (χ1n) is 7.05.